The standard InChI is InChI=1S/C18H14FNO2/c19-14-7-8-16-15(11-14)13(6-9-18(21)22)10-17(20-16)12-4-2-1-3-5-12/h1-5,7-8,10-11H,6,9H2,(H,21,22). The Balaban J connectivity index is 2.15. The number of carboxylic acids is 1. The fourth-order valence-corrected chi connectivity index (χ4v) is 2.47. The van der Waals surface area contributed by atoms with Crippen molar-refractivity contribution in [3.05, 3.63) is 66.0 Å². The summed E-state index contributed by atoms with van der Waals surface area (Å²) in [5, 5.41) is 9.57. The van der Waals surface area contributed by atoms with Crippen molar-refractivity contribution in [1.82, 2.24) is 4.98 Å². The Kier molecular flexibility index (Phi) is 3.83. The molecule has 3 rings (SSSR count). The molecule has 0 aliphatic heterocycles. The Morgan fingerprint density at radius 3 is 2.59 bits per heavy atom. The molecule has 110 valence electrons. The molecule has 0 saturated carbocycles. The molecule has 0 fully saturated rings. The van der Waals surface area contributed by atoms with Crippen LogP contribution in [0.15, 0.2) is 54.6 Å². The Morgan fingerprint density at radius 2 is 1.86 bits per heavy atom. The predicted octanol–water partition coefficient (Wildman–Crippen LogP) is 4.06. The number of hydrogen-bond donors (Lipinski definition) is 1. The van der Waals surface area contributed by atoms with Gasteiger partial charge in [0.2, 0.25) is 0 Å². The van der Waals surface area contributed by atoms with Crippen molar-refractivity contribution < 1.29 is 14.3 Å². The van der Waals surface area contributed by atoms with Crippen LogP contribution in [0.1, 0.15) is 12.0 Å². The van der Waals surface area contributed by atoms with Gasteiger partial charge in [0.15, 0.2) is 0 Å². The minimum absolute atomic E-state index is 0.00383. The molecule has 0 aliphatic carbocycles. The van der Waals surface area contributed by atoms with Crippen molar-refractivity contribution in [1.29, 1.82) is 0 Å². The molecular weight excluding hydrogens is 281 g/mol. The second-order valence-corrected chi connectivity index (χ2v) is 5.09. The number of carboxylic acid groups (broad SMARTS) is 1. The lowest BCUT2D eigenvalue weighted by Crippen LogP contribution is -2.00. The maximum absolute atomic E-state index is 13.5. The highest BCUT2D eigenvalue weighted by Crippen LogP contribution is 2.26. The monoisotopic (exact) mass is 295 g/mol. The van der Waals surface area contributed by atoms with E-state index in [0.29, 0.717) is 17.3 Å². The highest BCUT2D eigenvalue weighted by Gasteiger charge is 2.10. The van der Waals surface area contributed by atoms with Crippen molar-refractivity contribution in [3.8, 4) is 11.3 Å². The first-order valence-corrected chi connectivity index (χ1v) is 7.00. The van der Waals surface area contributed by atoms with Crippen molar-refractivity contribution >= 4 is 16.9 Å². The number of fused-ring (bicyclic) bond motifs is 1. The first-order chi connectivity index (χ1) is 10.6. The van der Waals surface area contributed by atoms with Crippen LogP contribution >= 0.6 is 0 Å². The second-order valence-electron chi connectivity index (χ2n) is 5.09. The molecular formula is C18H14FNO2. The van der Waals surface area contributed by atoms with Gasteiger partial charge in [-0.05, 0) is 36.2 Å². The molecule has 0 aliphatic rings. The van der Waals surface area contributed by atoms with Crippen molar-refractivity contribution in [2.45, 2.75) is 12.8 Å². The second kappa shape index (κ2) is 5.93. The number of carbonyl (C=O) groups is 1. The van der Waals surface area contributed by atoms with Gasteiger partial charge in [0.1, 0.15) is 5.82 Å². The van der Waals surface area contributed by atoms with Crippen LogP contribution in [0, 0.1) is 5.82 Å². The van der Waals surface area contributed by atoms with Crippen LogP contribution < -0.4 is 0 Å². The molecule has 0 bridgehead atoms. The van der Waals surface area contributed by atoms with Gasteiger partial charge in [0, 0.05) is 17.4 Å². The lowest BCUT2D eigenvalue weighted by Gasteiger charge is -2.09. The molecule has 0 spiro atoms. The first kappa shape index (κ1) is 14.2. The molecule has 1 aromatic heterocycles. The number of pyridine rings is 1. The molecule has 0 unspecified atom stereocenters. The molecule has 4 heteroatoms. The minimum atomic E-state index is -0.873. The highest BCUT2D eigenvalue weighted by molar-refractivity contribution is 5.85. The molecule has 1 N–H and O–H groups in total. The fourth-order valence-electron chi connectivity index (χ4n) is 2.47. The fraction of sp³-hybridized carbons (Fsp3) is 0.111. The van der Waals surface area contributed by atoms with Crippen LogP contribution in [0.5, 0.6) is 0 Å². The SMILES string of the molecule is O=C(O)CCc1cc(-c2ccccc2)nc2ccc(F)cc12. The third-order valence-corrected chi connectivity index (χ3v) is 3.53. The Morgan fingerprint density at radius 1 is 1.09 bits per heavy atom. The Hall–Kier alpha value is -2.75. The lowest BCUT2D eigenvalue weighted by molar-refractivity contribution is -0.136. The van der Waals surface area contributed by atoms with E-state index in [1.807, 2.05) is 36.4 Å². The molecule has 1 heterocycles. The maximum Gasteiger partial charge on any atom is 0.303 e. The molecule has 0 saturated heterocycles. The van der Waals surface area contributed by atoms with Gasteiger partial charge in [0.05, 0.1) is 11.2 Å². The topological polar surface area (TPSA) is 50.2 Å². The van der Waals surface area contributed by atoms with Gasteiger partial charge in [-0.1, -0.05) is 30.3 Å². The Labute approximate surface area is 127 Å². The summed E-state index contributed by atoms with van der Waals surface area (Å²) in [6.07, 6.45) is 0.349. The summed E-state index contributed by atoms with van der Waals surface area (Å²) in [6.45, 7) is 0. The van der Waals surface area contributed by atoms with Crippen molar-refractivity contribution in [2.75, 3.05) is 0 Å². The van der Waals surface area contributed by atoms with Gasteiger partial charge in [0.25, 0.3) is 0 Å². The Bertz CT molecular complexity index is 831. The van der Waals surface area contributed by atoms with E-state index in [9.17, 15) is 9.18 Å². The number of benzene rings is 2. The molecule has 3 nitrogen and oxygen atoms in total. The number of aliphatic carboxylic acids is 1. The van der Waals surface area contributed by atoms with Gasteiger partial charge in [-0.2, -0.15) is 0 Å². The molecule has 0 atom stereocenters. The van der Waals surface area contributed by atoms with Crippen LogP contribution in [0.3, 0.4) is 0 Å². The minimum Gasteiger partial charge on any atom is -0.481 e. The summed E-state index contributed by atoms with van der Waals surface area (Å²) in [5.74, 6) is -1.22. The van der Waals surface area contributed by atoms with Crippen LogP contribution in [-0.2, 0) is 11.2 Å². The zero-order valence-electron chi connectivity index (χ0n) is 11.8. The molecule has 22 heavy (non-hydrogen) atoms. The summed E-state index contributed by atoms with van der Waals surface area (Å²) in [4.78, 5) is 15.4. The average Bonchev–Trinajstić information content (AvgIpc) is 2.53. The van der Waals surface area contributed by atoms with Gasteiger partial charge in [-0.3, -0.25) is 4.79 Å². The largest absolute Gasteiger partial charge is 0.481 e. The summed E-state index contributed by atoms with van der Waals surface area (Å²) < 4.78 is 13.5. The summed E-state index contributed by atoms with van der Waals surface area (Å²) in [7, 11) is 0. The smallest absolute Gasteiger partial charge is 0.303 e. The lowest BCUT2D eigenvalue weighted by atomic mass is 10.0. The molecule has 2 aromatic carbocycles. The van der Waals surface area contributed by atoms with Crippen LogP contribution in [0.4, 0.5) is 4.39 Å². The van der Waals surface area contributed by atoms with Crippen LogP contribution in [0.25, 0.3) is 22.2 Å². The van der Waals surface area contributed by atoms with Gasteiger partial charge >= 0.3 is 5.97 Å². The number of hydrogen-bond acceptors (Lipinski definition) is 2. The third-order valence-electron chi connectivity index (χ3n) is 3.53. The summed E-state index contributed by atoms with van der Waals surface area (Å²) in [6, 6.07) is 15.9. The quantitative estimate of drug-likeness (QED) is 0.789. The zero-order valence-corrected chi connectivity index (χ0v) is 11.8. The van der Waals surface area contributed by atoms with Crippen LogP contribution in [0.2, 0.25) is 0 Å². The van der Waals surface area contributed by atoms with E-state index in [0.717, 1.165) is 16.8 Å². The normalized spacial score (nSPS) is 10.8. The highest BCUT2D eigenvalue weighted by atomic mass is 19.1. The van der Waals surface area contributed by atoms with Crippen molar-refractivity contribution in [3.63, 3.8) is 0 Å². The maximum atomic E-state index is 13.5. The van der Waals surface area contributed by atoms with Crippen molar-refractivity contribution in [2.24, 2.45) is 0 Å². The van der Waals surface area contributed by atoms with Crippen LogP contribution in [-0.4, -0.2) is 16.1 Å². The van der Waals surface area contributed by atoms with E-state index in [1.165, 1.54) is 12.1 Å². The molecule has 0 radical (unpaired) electrons. The number of nitrogens with zero attached hydrogens (tertiary/aromatic N) is 1. The van der Waals surface area contributed by atoms with E-state index in [-0.39, 0.29) is 12.2 Å². The number of aryl methyl sites for hydroxylation is 1. The summed E-state index contributed by atoms with van der Waals surface area (Å²) in [5.41, 5.74) is 3.18. The summed E-state index contributed by atoms with van der Waals surface area (Å²) >= 11 is 0. The predicted molar refractivity (Wildman–Crippen MR) is 83.1 cm³/mol. The van der Waals surface area contributed by atoms with Gasteiger partial charge in [-0.25, -0.2) is 9.37 Å². The number of aromatic nitrogens is 1. The first-order valence-electron chi connectivity index (χ1n) is 7.00. The zero-order chi connectivity index (χ0) is 15.5. The average molecular weight is 295 g/mol. The van der Waals surface area contributed by atoms with Gasteiger partial charge < -0.3 is 5.11 Å². The van der Waals surface area contributed by atoms with E-state index >= 15 is 0 Å². The van der Waals surface area contributed by atoms with E-state index < -0.39 is 5.97 Å². The molecule has 3 aromatic rings. The van der Waals surface area contributed by atoms with Gasteiger partial charge in [-0.15, -0.1) is 0 Å². The number of halogens is 1. The number of rotatable bonds is 4. The van der Waals surface area contributed by atoms with E-state index in [2.05, 4.69) is 4.98 Å². The third kappa shape index (κ3) is 2.96. The van der Waals surface area contributed by atoms with E-state index in [4.69, 9.17) is 5.11 Å². The molecule has 0 amide bonds. The van der Waals surface area contributed by atoms with E-state index in [1.54, 1.807) is 6.07 Å².